The van der Waals surface area contributed by atoms with Gasteiger partial charge in [0.25, 0.3) is 0 Å². The minimum absolute atomic E-state index is 0. The number of nitrogens with one attached hydrogen (secondary N) is 6. The third-order valence-corrected chi connectivity index (χ3v) is 9.05. The van der Waals surface area contributed by atoms with Crippen LogP contribution in [0.3, 0.4) is 0 Å². The maximum absolute atomic E-state index is 12.3. The first-order chi connectivity index (χ1) is 23.2. The van der Waals surface area contributed by atoms with Crippen LogP contribution in [0.5, 0.6) is 0 Å². The monoisotopic (exact) mass is 758 g/mol. The van der Waals surface area contributed by atoms with Gasteiger partial charge >= 0.3 is 21.1 Å². The standard InChI is InChI=1S/2C18H24N3O3.Mo/c2*1-12-8-15(17(21-11-23)16(12)20-10-22)13(2)9-19-18(24)14-6-4-3-5-7-14;/h2*10-11,14H,3-7,9H2,1-2H3,(H,19,24)(H,20,22)(H,21,23);/q2*-1;+2. The molecule has 4 rings (SSSR count). The summed E-state index contributed by atoms with van der Waals surface area (Å²) in [5.74, 6) is 0.399. The molecule has 0 saturated heterocycles. The Morgan fingerprint density at radius 1 is 0.571 bits per heavy atom. The summed E-state index contributed by atoms with van der Waals surface area (Å²) in [6.45, 7) is 8.16. The third kappa shape index (κ3) is 11.5. The summed E-state index contributed by atoms with van der Waals surface area (Å²) in [5, 5.41) is 16.4. The Kier molecular flexibility index (Phi) is 17.7. The number of rotatable bonds is 14. The molecule has 6 amide bonds. The molecule has 0 aliphatic heterocycles. The van der Waals surface area contributed by atoms with E-state index in [1.54, 1.807) is 13.8 Å². The molecule has 0 aromatic heterocycles. The van der Waals surface area contributed by atoms with Crippen LogP contribution in [0, 0.1) is 24.0 Å². The van der Waals surface area contributed by atoms with Crippen molar-refractivity contribution in [2.75, 3.05) is 13.1 Å². The van der Waals surface area contributed by atoms with Crippen LogP contribution in [0.1, 0.15) is 91.9 Å². The maximum Gasteiger partial charge on any atom is 2.00 e. The predicted octanol–water partition coefficient (Wildman–Crippen LogP) is 2.93. The van der Waals surface area contributed by atoms with Crippen molar-refractivity contribution in [3.05, 3.63) is 68.4 Å². The van der Waals surface area contributed by atoms with Crippen molar-refractivity contribution in [1.82, 2.24) is 31.9 Å². The average Bonchev–Trinajstić information content (AvgIpc) is 3.58. The molecule has 0 unspecified atom stereocenters. The summed E-state index contributed by atoms with van der Waals surface area (Å²) in [6, 6.07) is 0. The molecule has 264 valence electrons. The minimum atomic E-state index is 0. The normalized spacial score (nSPS) is 19.9. The summed E-state index contributed by atoms with van der Waals surface area (Å²) in [7, 11) is 0. The van der Waals surface area contributed by atoms with Gasteiger partial charge in [0.15, 0.2) is 0 Å². The Bertz CT molecular complexity index is 1340. The first-order valence-electron chi connectivity index (χ1n) is 16.6. The first-order valence-corrected chi connectivity index (χ1v) is 16.6. The van der Waals surface area contributed by atoms with Gasteiger partial charge in [-0.2, -0.15) is 0 Å². The van der Waals surface area contributed by atoms with E-state index < -0.39 is 0 Å². The molecular weight excluding hydrogens is 708 g/mol. The van der Waals surface area contributed by atoms with E-state index in [1.165, 1.54) is 12.8 Å². The fourth-order valence-corrected chi connectivity index (χ4v) is 6.41. The summed E-state index contributed by atoms with van der Waals surface area (Å²) < 4.78 is 0. The summed E-state index contributed by atoms with van der Waals surface area (Å²) in [5.41, 5.74) is 6.73. The van der Waals surface area contributed by atoms with E-state index in [9.17, 15) is 28.8 Å². The van der Waals surface area contributed by atoms with Crippen LogP contribution in [0.15, 0.2) is 56.2 Å². The van der Waals surface area contributed by atoms with Crippen molar-refractivity contribution in [2.45, 2.75) is 91.9 Å². The van der Waals surface area contributed by atoms with Gasteiger partial charge in [0.1, 0.15) is 0 Å². The second kappa shape index (κ2) is 21.1. The Hall–Kier alpha value is -4.05. The van der Waals surface area contributed by atoms with Crippen LogP contribution in [-0.2, 0) is 49.8 Å². The fourth-order valence-electron chi connectivity index (χ4n) is 6.41. The molecule has 4 aliphatic carbocycles. The zero-order chi connectivity index (χ0) is 35.1. The van der Waals surface area contributed by atoms with Gasteiger partial charge in [0.05, 0.1) is 0 Å². The van der Waals surface area contributed by atoms with Crippen LogP contribution in [0.4, 0.5) is 0 Å². The fraction of sp³-hybridized carbons (Fsp3) is 0.500. The van der Waals surface area contributed by atoms with Crippen molar-refractivity contribution in [3.63, 3.8) is 0 Å². The third-order valence-electron chi connectivity index (χ3n) is 9.05. The van der Waals surface area contributed by atoms with Crippen molar-refractivity contribution in [2.24, 2.45) is 11.8 Å². The molecule has 0 heterocycles. The number of hydrogen-bond acceptors (Lipinski definition) is 6. The Morgan fingerprint density at radius 2 is 0.878 bits per heavy atom. The number of carbonyl (C=O) groups excluding carboxylic acids is 6. The maximum atomic E-state index is 12.3. The molecule has 0 spiro atoms. The van der Waals surface area contributed by atoms with Crippen molar-refractivity contribution in [1.29, 1.82) is 0 Å². The molecule has 0 atom stereocenters. The second-order valence-electron chi connectivity index (χ2n) is 12.5. The number of allylic oxidation sites excluding steroid dienone is 4. The van der Waals surface area contributed by atoms with E-state index in [1.807, 2.05) is 13.8 Å². The molecule has 0 aromatic rings. The van der Waals surface area contributed by atoms with Gasteiger partial charge in [-0.1, -0.05) is 77.6 Å². The average molecular weight is 757 g/mol. The molecule has 0 bridgehead atoms. The van der Waals surface area contributed by atoms with E-state index in [0.29, 0.717) is 72.7 Å². The Labute approximate surface area is 303 Å². The molecule has 12 nitrogen and oxygen atoms in total. The number of carbonyl (C=O) groups is 6. The Balaban J connectivity index is 0.000000333. The predicted molar refractivity (Wildman–Crippen MR) is 180 cm³/mol. The number of hydrogen-bond donors (Lipinski definition) is 6. The summed E-state index contributed by atoms with van der Waals surface area (Å²) in [6.07, 6.45) is 19.3. The number of amides is 6. The SMILES string of the molecule is CC1=[C-]C(=C(C)CNC(=O)C2CCCCC2)C(NC=O)=C1NC=O.CC1=[C-]C(=C(C)CNC(=O)C2CCCCC2)C(NC=O)=C1NC=O.[Mo+2]. The molecule has 13 heteroatoms. The quantitative estimate of drug-likeness (QED) is 0.0904. The zero-order valence-electron chi connectivity index (χ0n) is 28.8. The van der Waals surface area contributed by atoms with E-state index in [0.717, 1.165) is 73.7 Å². The van der Waals surface area contributed by atoms with Crippen LogP contribution in [0.25, 0.3) is 0 Å². The molecule has 0 aromatic carbocycles. The molecular formula is C36H48MoN6O6. The van der Waals surface area contributed by atoms with Gasteiger partial charge in [-0.05, 0) is 37.1 Å². The van der Waals surface area contributed by atoms with Crippen LogP contribution < -0.4 is 31.9 Å². The minimum Gasteiger partial charge on any atom is -0.375 e. The Morgan fingerprint density at radius 3 is 1.18 bits per heavy atom. The van der Waals surface area contributed by atoms with Crippen LogP contribution in [-0.4, -0.2) is 50.5 Å². The molecule has 2 fully saturated rings. The molecule has 2 saturated carbocycles. The molecule has 0 radical (unpaired) electrons. The molecule has 49 heavy (non-hydrogen) atoms. The smallest absolute Gasteiger partial charge is 0.375 e. The van der Waals surface area contributed by atoms with Gasteiger partial charge in [0, 0.05) is 24.9 Å². The van der Waals surface area contributed by atoms with E-state index in [2.05, 4.69) is 44.1 Å². The van der Waals surface area contributed by atoms with Crippen LogP contribution in [0.2, 0.25) is 0 Å². The van der Waals surface area contributed by atoms with Crippen LogP contribution >= 0.6 is 0 Å². The second-order valence-corrected chi connectivity index (χ2v) is 12.5. The van der Waals surface area contributed by atoms with Gasteiger partial charge in [-0.15, -0.1) is 45.6 Å². The van der Waals surface area contributed by atoms with Crippen molar-refractivity contribution >= 4 is 37.5 Å². The molecule has 6 N–H and O–H groups in total. The van der Waals surface area contributed by atoms with Crippen molar-refractivity contribution in [3.8, 4) is 0 Å². The van der Waals surface area contributed by atoms with Gasteiger partial charge in [-0.25, -0.2) is 0 Å². The van der Waals surface area contributed by atoms with Crippen molar-refractivity contribution < 1.29 is 49.8 Å². The largest absolute Gasteiger partial charge is 2.00 e. The topological polar surface area (TPSA) is 175 Å². The van der Waals surface area contributed by atoms with Gasteiger partial charge in [-0.3, -0.25) is 28.8 Å². The van der Waals surface area contributed by atoms with E-state index in [-0.39, 0.29) is 44.7 Å². The van der Waals surface area contributed by atoms with E-state index >= 15 is 0 Å². The van der Waals surface area contributed by atoms with Gasteiger partial charge < -0.3 is 31.9 Å². The zero-order valence-corrected chi connectivity index (χ0v) is 30.8. The van der Waals surface area contributed by atoms with Gasteiger partial charge in [0.2, 0.25) is 37.5 Å². The molecule has 4 aliphatic rings. The van der Waals surface area contributed by atoms with E-state index in [4.69, 9.17) is 0 Å². The summed E-state index contributed by atoms with van der Waals surface area (Å²) >= 11 is 0. The first kappa shape index (κ1) is 41.1. The summed E-state index contributed by atoms with van der Waals surface area (Å²) in [4.78, 5) is 67.7.